The highest BCUT2D eigenvalue weighted by molar-refractivity contribution is 6.09. The van der Waals surface area contributed by atoms with Crippen molar-refractivity contribution in [2.24, 2.45) is 11.5 Å². The second-order valence-electron chi connectivity index (χ2n) is 4.06. The molecule has 108 valence electrons. The SMILES string of the molecule is CCOC(=O)C(N)C(=O)Nc1cccc(C(N)=O)c1C. The molecular weight excluding hydrogens is 262 g/mol. The van der Waals surface area contributed by atoms with E-state index in [-0.39, 0.29) is 12.2 Å². The van der Waals surface area contributed by atoms with Crippen LogP contribution in [0.4, 0.5) is 5.69 Å². The molecule has 0 saturated heterocycles. The molecule has 1 aromatic carbocycles. The van der Waals surface area contributed by atoms with Crippen LogP contribution in [-0.2, 0) is 14.3 Å². The Morgan fingerprint density at radius 1 is 1.35 bits per heavy atom. The lowest BCUT2D eigenvalue weighted by atomic mass is 10.1. The van der Waals surface area contributed by atoms with Gasteiger partial charge in [0.25, 0.3) is 5.91 Å². The number of anilines is 1. The Balaban J connectivity index is 2.89. The standard InChI is InChI=1S/C13H17N3O4/c1-3-20-13(19)10(14)12(18)16-9-6-4-5-8(7(9)2)11(15)17/h4-6,10H,3,14H2,1-2H3,(H2,15,17)(H,16,18). The summed E-state index contributed by atoms with van der Waals surface area (Å²) in [5.74, 6) is -2.13. The Morgan fingerprint density at radius 2 is 2.00 bits per heavy atom. The number of nitrogens with two attached hydrogens (primary N) is 2. The van der Waals surface area contributed by atoms with Gasteiger partial charge in [-0.3, -0.25) is 9.59 Å². The van der Waals surface area contributed by atoms with Crippen molar-refractivity contribution in [3.05, 3.63) is 29.3 Å². The van der Waals surface area contributed by atoms with Crippen molar-refractivity contribution in [3.8, 4) is 0 Å². The van der Waals surface area contributed by atoms with Gasteiger partial charge in [-0.05, 0) is 31.5 Å². The number of esters is 1. The summed E-state index contributed by atoms with van der Waals surface area (Å²) >= 11 is 0. The zero-order chi connectivity index (χ0) is 15.3. The average Bonchev–Trinajstić information content (AvgIpc) is 2.40. The minimum Gasteiger partial charge on any atom is -0.464 e. The van der Waals surface area contributed by atoms with Gasteiger partial charge in [-0.1, -0.05) is 6.07 Å². The van der Waals surface area contributed by atoms with Crippen LogP contribution < -0.4 is 16.8 Å². The van der Waals surface area contributed by atoms with Crippen LogP contribution >= 0.6 is 0 Å². The van der Waals surface area contributed by atoms with Gasteiger partial charge in [0.2, 0.25) is 5.91 Å². The number of hydrogen-bond donors (Lipinski definition) is 3. The summed E-state index contributed by atoms with van der Waals surface area (Å²) in [6.45, 7) is 3.38. The van der Waals surface area contributed by atoms with E-state index in [9.17, 15) is 14.4 Å². The minimum atomic E-state index is -1.42. The third kappa shape index (κ3) is 3.55. The Labute approximate surface area is 116 Å². The summed E-state index contributed by atoms with van der Waals surface area (Å²) in [4.78, 5) is 34.4. The lowest BCUT2D eigenvalue weighted by molar-refractivity contribution is -0.146. The zero-order valence-corrected chi connectivity index (χ0v) is 11.3. The van der Waals surface area contributed by atoms with Gasteiger partial charge in [-0.2, -0.15) is 0 Å². The number of benzene rings is 1. The van der Waals surface area contributed by atoms with Crippen molar-refractivity contribution < 1.29 is 19.1 Å². The van der Waals surface area contributed by atoms with Crippen molar-refractivity contribution in [1.29, 1.82) is 0 Å². The summed E-state index contributed by atoms with van der Waals surface area (Å²) in [6, 6.07) is 3.26. The minimum absolute atomic E-state index is 0.135. The molecule has 0 aliphatic carbocycles. The molecule has 0 bridgehead atoms. The third-order valence-electron chi connectivity index (χ3n) is 2.68. The van der Waals surface area contributed by atoms with E-state index in [1.54, 1.807) is 32.0 Å². The number of carbonyl (C=O) groups excluding carboxylic acids is 3. The summed E-state index contributed by atoms with van der Waals surface area (Å²) < 4.78 is 4.66. The first-order chi connectivity index (χ1) is 9.38. The Morgan fingerprint density at radius 3 is 2.55 bits per heavy atom. The van der Waals surface area contributed by atoms with E-state index in [1.807, 2.05) is 0 Å². The van der Waals surface area contributed by atoms with Crippen LogP contribution in [0.3, 0.4) is 0 Å². The number of carbonyl (C=O) groups is 3. The van der Waals surface area contributed by atoms with Crippen LogP contribution in [0.5, 0.6) is 0 Å². The molecule has 1 atom stereocenters. The van der Waals surface area contributed by atoms with Gasteiger partial charge < -0.3 is 21.5 Å². The molecule has 0 aliphatic heterocycles. The molecule has 7 nitrogen and oxygen atoms in total. The molecule has 5 N–H and O–H groups in total. The smallest absolute Gasteiger partial charge is 0.332 e. The van der Waals surface area contributed by atoms with Crippen LogP contribution in [0.15, 0.2) is 18.2 Å². The average molecular weight is 279 g/mol. The predicted molar refractivity (Wildman–Crippen MR) is 72.9 cm³/mol. The molecular formula is C13H17N3O4. The van der Waals surface area contributed by atoms with Crippen LogP contribution in [0.1, 0.15) is 22.8 Å². The first-order valence-corrected chi connectivity index (χ1v) is 6.01. The molecule has 20 heavy (non-hydrogen) atoms. The second-order valence-corrected chi connectivity index (χ2v) is 4.06. The van der Waals surface area contributed by atoms with Crippen molar-refractivity contribution >= 4 is 23.5 Å². The second kappa shape index (κ2) is 6.67. The molecule has 0 saturated carbocycles. The van der Waals surface area contributed by atoms with Crippen LogP contribution in [0, 0.1) is 6.92 Å². The van der Waals surface area contributed by atoms with Crippen molar-refractivity contribution in [2.45, 2.75) is 19.9 Å². The Kier molecular flexibility index (Phi) is 5.22. The molecule has 0 aromatic heterocycles. The summed E-state index contributed by atoms with van der Waals surface area (Å²) in [6.07, 6.45) is 0. The van der Waals surface area contributed by atoms with Gasteiger partial charge in [-0.25, -0.2) is 4.79 Å². The number of hydrogen-bond acceptors (Lipinski definition) is 5. The van der Waals surface area contributed by atoms with Crippen molar-refractivity contribution in [2.75, 3.05) is 11.9 Å². The van der Waals surface area contributed by atoms with Gasteiger partial charge in [0.1, 0.15) is 0 Å². The zero-order valence-electron chi connectivity index (χ0n) is 11.3. The van der Waals surface area contributed by atoms with E-state index in [4.69, 9.17) is 11.5 Å². The van der Waals surface area contributed by atoms with E-state index in [2.05, 4.69) is 10.1 Å². The normalized spacial score (nSPS) is 11.6. The van der Waals surface area contributed by atoms with Gasteiger partial charge in [0.05, 0.1) is 6.61 Å². The van der Waals surface area contributed by atoms with Crippen molar-refractivity contribution in [1.82, 2.24) is 0 Å². The molecule has 2 amide bonds. The van der Waals surface area contributed by atoms with E-state index in [0.717, 1.165) is 0 Å². The van der Waals surface area contributed by atoms with Gasteiger partial charge in [0.15, 0.2) is 6.04 Å². The predicted octanol–water partition coefficient (Wildman–Crippen LogP) is -0.0772. The lowest BCUT2D eigenvalue weighted by Crippen LogP contribution is -2.43. The highest BCUT2D eigenvalue weighted by atomic mass is 16.5. The highest BCUT2D eigenvalue weighted by Crippen LogP contribution is 2.18. The number of ether oxygens (including phenoxy) is 1. The number of nitrogens with one attached hydrogen (secondary N) is 1. The first kappa shape index (κ1) is 15.6. The van der Waals surface area contributed by atoms with Gasteiger partial charge in [0, 0.05) is 11.3 Å². The summed E-state index contributed by atoms with van der Waals surface area (Å²) in [5, 5.41) is 2.47. The highest BCUT2D eigenvalue weighted by Gasteiger charge is 2.24. The maximum absolute atomic E-state index is 11.8. The summed E-state index contributed by atoms with van der Waals surface area (Å²) in [7, 11) is 0. The molecule has 0 aliphatic rings. The fourth-order valence-electron chi connectivity index (χ4n) is 1.59. The molecule has 1 rings (SSSR count). The van der Waals surface area contributed by atoms with E-state index < -0.39 is 23.8 Å². The Bertz CT molecular complexity index is 542. The quantitative estimate of drug-likeness (QED) is 0.513. The fourth-order valence-corrected chi connectivity index (χ4v) is 1.59. The van der Waals surface area contributed by atoms with Crippen LogP contribution in [0.2, 0.25) is 0 Å². The van der Waals surface area contributed by atoms with E-state index in [0.29, 0.717) is 11.3 Å². The molecule has 1 aromatic rings. The fraction of sp³-hybridized carbons (Fsp3) is 0.308. The molecule has 0 heterocycles. The van der Waals surface area contributed by atoms with Gasteiger partial charge in [-0.15, -0.1) is 0 Å². The van der Waals surface area contributed by atoms with Gasteiger partial charge >= 0.3 is 5.97 Å². The number of amides is 2. The molecule has 0 radical (unpaired) electrons. The monoisotopic (exact) mass is 279 g/mol. The third-order valence-corrected chi connectivity index (χ3v) is 2.68. The molecule has 7 heteroatoms. The molecule has 0 spiro atoms. The van der Waals surface area contributed by atoms with Crippen molar-refractivity contribution in [3.63, 3.8) is 0 Å². The molecule has 1 unspecified atom stereocenters. The number of primary amides is 1. The first-order valence-electron chi connectivity index (χ1n) is 6.01. The Hall–Kier alpha value is -2.41. The lowest BCUT2D eigenvalue weighted by Gasteiger charge is -2.14. The largest absolute Gasteiger partial charge is 0.464 e. The maximum Gasteiger partial charge on any atom is 0.332 e. The maximum atomic E-state index is 11.8. The summed E-state index contributed by atoms with van der Waals surface area (Å²) in [5.41, 5.74) is 11.8. The van der Waals surface area contributed by atoms with E-state index in [1.165, 1.54) is 0 Å². The molecule has 0 fully saturated rings. The number of rotatable bonds is 5. The van der Waals surface area contributed by atoms with Crippen LogP contribution in [0.25, 0.3) is 0 Å². The topological polar surface area (TPSA) is 125 Å². The van der Waals surface area contributed by atoms with Crippen LogP contribution in [-0.4, -0.2) is 30.4 Å². The van der Waals surface area contributed by atoms with E-state index >= 15 is 0 Å².